The molecule has 20 heavy (non-hydrogen) atoms. The Bertz CT molecular complexity index is 465. The molecular weight excluding hydrogens is 250 g/mol. The van der Waals surface area contributed by atoms with E-state index in [1.807, 2.05) is 6.07 Å². The molecular formula is C16H25N3O. The Hall–Kier alpha value is -1.71. The summed E-state index contributed by atoms with van der Waals surface area (Å²) in [6.07, 6.45) is 6.49. The first-order valence-corrected chi connectivity index (χ1v) is 7.53. The highest BCUT2D eigenvalue weighted by molar-refractivity contribution is 5.99. The van der Waals surface area contributed by atoms with Gasteiger partial charge in [-0.3, -0.25) is 4.79 Å². The lowest BCUT2D eigenvalue weighted by Gasteiger charge is -2.28. The van der Waals surface area contributed by atoms with Crippen molar-refractivity contribution in [2.45, 2.75) is 39.0 Å². The van der Waals surface area contributed by atoms with Crippen molar-refractivity contribution in [2.75, 3.05) is 17.6 Å². The number of benzene rings is 1. The Morgan fingerprint density at radius 2 is 1.90 bits per heavy atom. The summed E-state index contributed by atoms with van der Waals surface area (Å²) in [5, 5.41) is 3.37. The third-order valence-electron chi connectivity index (χ3n) is 4.43. The van der Waals surface area contributed by atoms with E-state index in [0.717, 1.165) is 18.2 Å². The van der Waals surface area contributed by atoms with Gasteiger partial charge in [0, 0.05) is 17.9 Å². The van der Waals surface area contributed by atoms with Gasteiger partial charge in [-0.1, -0.05) is 26.2 Å². The van der Waals surface area contributed by atoms with Crippen LogP contribution in [0.4, 0.5) is 11.4 Å². The Kier molecular flexibility index (Phi) is 4.88. The quantitative estimate of drug-likeness (QED) is 0.722. The molecule has 0 unspecified atom stereocenters. The largest absolute Gasteiger partial charge is 0.399 e. The third kappa shape index (κ3) is 3.65. The van der Waals surface area contributed by atoms with Crippen LogP contribution in [0, 0.1) is 11.8 Å². The van der Waals surface area contributed by atoms with Crippen molar-refractivity contribution in [3.63, 3.8) is 0 Å². The van der Waals surface area contributed by atoms with Crippen LogP contribution in [0.5, 0.6) is 0 Å². The number of amides is 1. The summed E-state index contributed by atoms with van der Waals surface area (Å²) < 4.78 is 0. The number of hydrogen-bond donors (Lipinski definition) is 3. The van der Waals surface area contributed by atoms with Crippen molar-refractivity contribution in [3.8, 4) is 0 Å². The zero-order valence-electron chi connectivity index (χ0n) is 12.2. The van der Waals surface area contributed by atoms with E-state index in [9.17, 15) is 4.79 Å². The number of rotatable bonds is 5. The Labute approximate surface area is 120 Å². The van der Waals surface area contributed by atoms with Crippen molar-refractivity contribution < 1.29 is 4.79 Å². The van der Waals surface area contributed by atoms with E-state index < -0.39 is 5.91 Å². The monoisotopic (exact) mass is 275 g/mol. The van der Waals surface area contributed by atoms with Crippen LogP contribution >= 0.6 is 0 Å². The molecule has 1 saturated carbocycles. The van der Waals surface area contributed by atoms with Crippen LogP contribution in [0.1, 0.15) is 49.4 Å². The van der Waals surface area contributed by atoms with Gasteiger partial charge < -0.3 is 16.8 Å². The second-order valence-electron chi connectivity index (χ2n) is 5.85. The first kappa shape index (κ1) is 14.7. The highest BCUT2D eigenvalue weighted by Gasteiger charge is 2.20. The summed E-state index contributed by atoms with van der Waals surface area (Å²) in [7, 11) is 0. The summed E-state index contributed by atoms with van der Waals surface area (Å²) in [6.45, 7) is 3.18. The second kappa shape index (κ2) is 6.64. The minimum atomic E-state index is -0.436. The van der Waals surface area contributed by atoms with Crippen LogP contribution in [-0.4, -0.2) is 12.5 Å². The maximum absolute atomic E-state index is 11.4. The minimum absolute atomic E-state index is 0.436. The molecule has 4 nitrogen and oxygen atoms in total. The SMILES string of the molecule is CCC1CCC(CNc2ccc(N)cc2C(N)=O)CC1. The molecule has 110 valence electrons. The Morgan fingerprint density at radius 1 is 1.25 bits per heavy atom. The molecule has 1 fully saturated rings. The van der Waals surface area contributed by atoms with Gasteiger partial charge in [-0.05, 0) is 42.9 Å². The van der Waals surface area contributed by atoms with Gasteiger partial charge in [-0.15, -0.1) is 0 Å². The lowest BCUT2D eigenvalue weighted by Crippen LogP contribution is -2.22. The lowest BCUT2D eigenvalue weighted by atomic mass is 9.81. The molecule has 0 heterocycles. The normalized spacial score (nSPS) is 22.4. The van der Waals surface area contributed by atoms with Gasteiger partial charge in [0.1, 0.15) is 0 Å². The molecule has 0 radical (unpaired) electrons. The molecule has 2 rings (SSSR count). The van der Waals surface area contributed by atoms with Gasteiger partial charge in [0.05, 0.1) is 5.56 Å². The summed E-state index contributed by atoms with van der Waals surface area (Å²) >= 11 is 0. The fourth-order valence-electron chi connectivity index (χ4n) is 3.02. The predicted octanol–water partition coefficient (Wildman–Crippen LogP) is 3.00. The highest BCUT2D eigenvalue weighted by Crippen LogP contribution is 2.31. The zero-order chi connectivity index (χ0) is 14.5. The molecule has 1 aromatic carbocycles. The van der Waals surface area contributed by atoms with Crippen molar-refractivity contribution >= 4 is 17.3 Å². The van der Waals surface area contributed by atoms with Crippen molar-refractivity contribution in [2.24, 2.45) is 17.6 Å². The number of primary amides is 1. The van der Waals surface area contributed by atoms with E-state index in [4.69, 9.17) is 11.5 Å². The number of nitrogens with two attached hydrogens (primary N) is 2. The van der Waals surface area contributed by atoms with Crippen molar-refractivity contribution in [1.29, 1.82) is 0 Å². The first-order chi connectivity index (χ1) is 9.60. The molecule has 0 aromatic heterocycles. The number of nitrogen functional groups attached to an aromatic ring is 1. The second-order valence-corrected chi connectivity index (χ2v) is 5.85. The fraction of sp³-hybridized carbons (Fsp3) is 0.562. The van der Waals surface area contributed by atoms with Gasteiger partial charge in [0.15, 0.2) is 0 Å². The van der Waals surface area contributed by atoms with E-state index in [2.05, 4.69) is 12.2 Å². The van der Waals surface area contributed by atoms with Gasteiger partial charge in [0.2, 0.25) is 0 Å². The van der Waals surface area contributed by atoms with E-state index in [1.54, 1.807) is 12.1 Å². The van der Waals surface area contributed by atoms with E-state index in [-0.39, 0.29) is 0 Å². The molecule has 4 heteroatoms. The van der Waals surface area contributed by atoms with E-state index >= 15 is 0 Å². The number of nitrogens with one attached hydrogen (secondary N) is 1. The standard InChI is InChI=1S/C16H25N3O/c1-2-11-3-5-12(6-4-11)10-19-15-8-7-13(17)9-14(15)16(18)20/h7-9,11-12,19H,2-6,10,17H2,1H3,(H2,18,20). The van der Waals surface area contributed by atoms with Crippen LogP contribution in [0.2, 0.25) is 0 Å². The Balaban J connectivity index is 1.93. The first-order valence-electron chi connectivity index (χ1n) is 7.53. The number of anilines is 2. The molecule has 5 N–H and O–H groups in total. The van der Waals surface area contributed by atoms with E-state index in [0.29, 0.717) is 17.2 Å². The number of carbonyl (C=O) groups excluding carboxylic acids is 1. The van der Waals surface area contributed by atoms with Gasteiger partial charge >= 0.3 is 0 Å². The van der Waals surface area contributed by atoms with Gasteiger partial charge in [0.25, 0.3) is 5.91 Å². The molecule has 0 spiro atoms. The van der Waals surface area contributed by atoms with Crippen LogP contribution in [0.3, 0.4) is 0 Å². The summed E-state index contributed by atoms with van der Waals surface area (Å²) in [5.41, 5.74) is 12.9. The molecule has 0 atom stereocenters. The highest BCUT2D eigenvalue weighted by atomic mass is 16.1. The molecule has 1 aromatic rings. The zero-order valence-corrected chi connectivity index (χ0v) is 12.2. The molecule has 0 saturated heterocycles. The summed E-state index contributed by atoms with van der Waals surface area (Å²) in [4.78, 5) is 11.4. The van der Waals surface area contributed by atoms with Crippen molar-refractivity contribution in [1.82, 2.24) is 0 Å². The molecule has 1 aliphatic carbocycles. The van der Waals surface area contributed by atoms with Crippen LogP contribution < -0.4 is 16.8 Å². The maximum Gasteiger partial charge on any atom is 0.250 e. The third-order valence-corrected chi connectivity index (χ3v) is 4.43. The molecule has 1 aliphatic rings. The van der Waals surface area contributed by atoms with Gasteiger partial charge in [-0.25, -0.2) is 0 Å². The predicted molar refractivity (Wildman–Crippen MR) is 83.6 cm³/mol. The number of carbonyl (C=O) groups is 1. The lowest BCUT2D eigenvalue weighted by molar-refractivity contribution is 0.100. The minimum Gasteiger partial charge on any atom is -0.399 e. The van der Waals surface area contributed by atoms with Crippen LogP contribution in [0.15, 0.2) is 18.2 Å². The summed E-state index contributed by atoms with van der Waals surface area (Å²) in [5.74, 6) is 1.16. The molecule has 0 bridgehead atoms. The summed E-state index contributed by atoms with van der Waals surface area (Å²) in [6, 6.07) is 5.27. The van der Waals surface area contributed by atoms with Gasteiger partial charge in [-0.2, -0.15) is 0 Å². The van der Waals surface area contributed by atoms with Crippen molar-refractivity contribution in [3.05, 3.63) is 23.8 Å². The molecule has 0 aliphatic heterocycles. The number of hydrogen-bond acceptors (Lipinski definition) is 3. The van der Waals surface area contributed by atoms with Crippen LogP contribution in [0.25, 0.3) is 0 Å². The molecule has 1 amide bonds. The fourth-order valence-corrected chi connectivity index (χ4v) is 3.02. The van der Waals surface area contributed by atoms with Crippen LogP contribution in [-0.2, 0) is 0 Å². The average molecular weight is 275 g/mol. The average Bonchev–Trinajstić information content (AvgIpc) is 2.46. The topological polar surface area (TPSA) is 81.1 Å². The maximum atomic E-state index is 11.4. The van der Waals surface area contributed by atoms with E-state index in [1.165, 1.54) is 32.1 Å². The Morgan fingerprint density at radius 3 is 2.50 bits per heavy atom. The smallest absolute Gasteiger partial charge is 0.250 e.